The number of rotatable bonds is 8. The Morgan fingerprint density at radius 3 is 2.39 bits per heavy atom. The zero-order valence-electron chi connectivity index (χ0n) is 17.2. The SMILES string of the molecule is CCN(CCC(=O)Nc1ccc(N2CCC(C)CC2)cc1)Cc1ccccc1. The third-order valence-corrected chi connectivity index (χ3v) is 5.65. The predicted molar refractivity (Wildman–Crippen MR) is 118 cm³/mol. The molecule has 1 saturated heterocycles. The van der Waals surface area contributed by atoms with Gasteiger partial charge in [0, 0.05) is 44.0 Å². The summed E-state index contributed by atoms with van der Waals surface area (Å²) in [5.74, 6) is 0.908. The second kappa shape index (κ2) is 10.3. The molecule has 0 saturated carbocycles. The van der Waals surface area contributed by atoms with Crippen LogP contribution in [0.2, 0.25) is 0 Å². The first-order chi connectivity index (χ1) is 13.6. The van der Waals surface area contributed by atoms with Crippen LogP contribution in [0.25, 0.3) is 0 Å². The molecular weight excluding hydrogens is 346 g/mol. The smallest absolute Gasteiger partial charge is 0.225 e. The highest BCUT2D eigenvalue weighted by Gasteiger charge is 2.16. The molecule has 1 amide bonds. The Morgan fingerprint density at radius 1 is 1.07 bits per heavy atom. The molecule has 1 aliphatic rings. The fraction of sp³-hybridized carbons (Fsp3) is 0.458. The second-order valence-corrected chi connectivity index (χ2v) is 7.87. The molecule has 1 aliphatic heterocycles. The van der Waals surface area contributed by atoms with Gasteiger partial charge in [-0.1, -0.05) is 44.2 Å². The lowest BCUT2D eigenvalue weighted by Gasteiger charge is -2.32. The van der Waals surface area contributed by atoms with Crippen molar-refractivity contribution in [2.45, 2.75) is 39.7 Å². The van der Waals surface area contributed by atoms with Gasteiger partial charge >= 0.3 is 0 Å². The van der Waals surface area contributed by atoms with Crippen molar-refractivity contribution in [1.29, 1.82) is 0 Å². The van der Waals surface area contributed by atoms with E-state index in [0.29, 0.717) is 6.42 Å². The van der Waals surface area contributed by atoms with Crippen LogP contribution in [0.15, 0.2) is 54.6 Å². The fourth-order valence-electron chi connectivity index (χ4n) is 3.70. The summed E-state index contributed by atoms with van der Waals surface area (Å²) >= 11 is 0. The molecule has 0 aliphatic carbocycles. The van der Waals surface area contributed by atoms with E-state index >= 15 is 0 Å². The number of hydrogen-bond acceptors (Lipinski definition) is 3. The summed E-state index contributed by atoms with van der Waals surface area (Å²) in [6, 6.07) is 18.7. The number of carbonyl (C=O) groups is 1. The third kappa shape index (κ3) is 6.10. The molecule has 0 atom stereocenters. The fourth-order valence-corrected chi connectivity index (χ4v) is 3.70. The van der Waals surface area contributed by atoms with Gasteiger partial charge in [-0.05, 0) is 55.1 Å². The molecule has 3 rings (SSSR count). The maximum Gasteiger partial charge on any atom is 0.225 e. The number of carbonyl (C=O) groups excluding carboxylic acids is 1. The molecule has 4 heteroatoms. The van der Waals surface area contributed by atoms with Crippen LogP contribution < -0.4 is 10.2 Å². The van der Waals surface area contributed by atoms with Gasteiger partial charge in [0.15, 0.2) is 0 Å². The summed E-state index contributed by atoms with van der Waals surface area (Å²) in [5, 5.41) is 3.04. The molecule has 0 spiro atoms. The van der Waals surface area contributed by atoms with Gasteiger partial charge in [0.25, 0.3) is 0 Å². The second-order valence-electron chi connectivity index (χ2n) is 7.87. The molecule has 4 nitrogen and oxygen atoms in total. The van der Waals surface area contributed by atoms with Crippen LogP contribution >= 0.6 is 0 Å². The average Bonchev–Trinajstić information content (AvgIpc) is 2.73. The Labute approximate surface area is 169 Å². The van der Waals surface area contributed by atoms with E-state index < -0.39 is 0 Å². The van der Waals surface area contributed by atoms with Crippen molar-refractivity contribution >= 4 is 17.3 Å². The van der Waals surface area contributed by atoms with Gasteiger partial charge in [0.2, 0.25) is 5.91 Å². The molecule has 2 aromatic carbocycles. The maximum absolute atomic E-state index is 12.4. The minimum Gasteiger partial charge on any atom is -0.372 e. The minimum absolute atomic E-state index is 0.0751. The highest BCUT2D eigenvalue weighted by Crippen LogP contribution is 2.24. The Bertz CT molecular complexity index is 721. The van der Waals surface area contributed by atoms with E-state index in [1.54, 1.807) is 0 Å². The quantitative estimate of drug-likeness (QED) is 0.717. The van der Waals surface area contributed by atoms with Gasteiger partial charge in [0.1, 0.15) is 0 Å². The van der Waals surface area contributed by atoms with E-state index in [9.17, 15) is 4.79 Å². The summed E-state index contributed by atoms with van der Waals surface area (Å²) in [7, 11) is 0. The summed E-state index contributed by atoms with van der Waals surface area (Å²) in [6.07, 6.45) is 3.03. The molecule has 150 valence electrons. The molecule has 1 fully saturated rings. The summed E-state index contributed by atoms with van der Waals surface area (Å²) in [4.78, 5) is 17.1. The lowest BCUT2D eigenvalue weighted by molar-refractivity contribution is -0.116. The molecule has 0 aromatic heterocycles. The number of nitrogens with one attached hydrogen (secondary N) is 1. The van der Waals surface area contributed by atoms with E-state index in [4.69, 9.17) is 0 Å². The third-order valence-electron chi connectivity index (χ3n) is 5.65. The van der Waals surface area contributed by atoms with Crippen LogP contribution in [0.1, 0.15) is 38.7 Å². The highest BCUT2D eigenvalue weighted by molar-refractivity contribution is 5.91. The topological polar surface area (TPSA) is 35.6 Å². The highest BCUT2D eigenvalue weighted by atomic mass is 16.1. The van der Waals surface area contributed by atoms with E-state index in [2.05, 4.69) is 65.4 Å². The molecule has 28 heavy (non-hydrogen) atoms. The predicted octanol–water partition coefficient (Wildman–Crippen LogP) is 4.77. The Balaban J connectivity index is 1.45. The van der Waals surface area contributed by atoms with Gasteiger partial charge in [-0.15, -0.1) is 0 Å². The van der Waals surface area contributed by atoms with Crippen LogP contribution in [-0.4, -0.2) is 37.0 Å². The standard InChI is InChI=1S/C24H33N3O/c1-3-26(19-21-7-5-4-6-8-21)16-15-24(28)25-22-9-11-23(12-10-22)27-17-13-20(2)14-18-27/h4-12,20H,3,13-19H2,1-2H3,(H,25,28). The number of piperidine rings is 1. The van der Waals surface area contributed by atoms with Crippen LogP contribution in [0.4, 0.5) is 11.4 Å². The summed E-state index contributed by atoms with van der Waals surface area (Å²) < 4.78 is 0. The van der Waals surface area contributed by atoms with Crippen molar-refractivity contribution in [3.63, 3.8) is 0 Å². The van der Waals surface area contributed by atoms with Crippen LogP contribution in [0.5, 0.6) is 0 Å². The van der Waals surface area contributed by atoms with Crippen LogP contribution in [0, 0.1) is 5.92 Å². The first-order valence-electron chi connectivity index (χ1n) is 10.5. The Morgan fingerprint density at radius 2 is 1.75 bits per heavy atom. The van der Waals surface area contributed by atoms with Gasteiger partial charge in [0.05, 0.1) is 0 Å². The molecule has 0 unspecified atom stereocenters. The maximum atomic E-state index is 12.4. The lowest BCUT2D eigenvalue weighted by Crippen LogP contribution is -2.32. The largest absolute Gasteiger partial charge is 0.372 e. The Hall–Kier alpha value is -2.33. The van der Waals surface area contributed by atoms with E-state index in [1.807, 2.05) is 18.2 Å². The monoisotopic (exact) mass is 379 g/mol. The van der Waals surface area contributed by atoms with Crippen molar-refractivity contribution < 1.29 is 4.79 Å². The van der Waals surface area contributed by atoms with Crippen molar-refractivity contribution in [3.8, 4) is 0 Å². The van der Waals surface area contributed by atoms with Crippen molar-refractivity contribution in [2.75, 3.05) is 36.4 Å². The van der Waals surface area contributed by atoms with Crippen molar-refractivity contribution in [2.24, 2.45) is 5.92 Å². The van der Waals surface area contributed by atoms with Crippen molar-refractivity contribution in [3.05, 3.63) is 60.2 Å². The van der Waals surface area contributed by atoms with Gasteiger partial charge in [-0.3, -0.25) is 9.69 Å². The van der Waals surface area contributed by atoms with Crippen molar-refractivity contribution in [1.82, 2.24) is 4.90 Å². The number of hydrogen-bond donors (Lipinski definition) is 1. The molecule has 2 aromatic rings. The normalized spacial score (nSPS) is 15.0. The molecule has 0 radical (unpaired) electrons. The zero-order valence-corrected chi connectivity index (χ0v) is 17.2. The summed E-state index contributed by atoms with van der Waals surface area (Å²) in [6.45, 7) is 9.30. The van der Waals surface area contributed by atoms with Gasteiger partial charge in [-0.2, -0.15) is 0 Å². The minimum atomic E-state index is 0.0751. The first-order valence-corrected chi connectivity index (χ1v) is 10.5. The first kappa shape index (κ1) is 20.4. The number of nitrogens with zero attached hydrogens (tertiary/aromatic N) is 2. The van der Waals surface area contributed by atoms with E-state index in [-0.39, 0.29) is 5.91 Å². The number of amides is 1. The molecule has 1 heterocycles. The molecular formula is C24H33N3O. The zero-order chi connectivity index (χ0) is 19.8. The Kier molecular flexibility index (Phi) is 7.49. The van der Waals surface area contributed by atoms with E-state index in [0.717, 1.165) is 44.3 Å². The number of anilines is 2. The van der Waals surface area contributed by atoms with Crippen LogP contribution in [-0.2, 0) is 11.3 Å². The van der Waals surface area contributed by atoms with E-state index in [1.165, 1.54) is 24.1 Å². The summed E-state index contributed by atoms with van der Waals surface area (Å²) in [5.41, 5.74) is 3.42. The number of benzene rings is 2. The van der Waals surface area contributed by atoms with Gasteiger partial charge < -0.3 is 10.2 Å². The molecule has 1 N–H and O–H groups in total. The van der Waals surface area contributed by atoms with Crippen LogP contribution in [0.3, 0.4) is 0 Å². The molecule has 0 bridgehead atoms. The lowest BCUT2D eigenvalue weighted by atomic mass is 9.99. The van der Waals surface area contributed by atoms with Gasteiger partial charge in [-0.25, -0.2) is 0 Å². The average molecular weight is 380 g/mol.